The largest absolute Gasteiger partial charge is 0.341 e. The molecule has 0 radical (unpaired) electrons. The quantitative estimate of drug-likeness (QED) is 0.779. The topological polar surface area (TPSA) is 46.3 Å². The summed E-state index contributed by atoms with van der Waals surface area (Å²) in [5.74, 6) is 1.77. The van der Waals surface area contributed by atoms with Crippen molar-refractivity contribution in [1.82, 2.24) is 4.90 Å². The lowest BCUT2D eigenvalue weighted by Gasteiger charge is -2.43. The van der Waals surface area contributed by atoms with E-state index in [0.29, 0.717) is 0 Å². The highest BCUT2D eigenvalue weighted by molar-refractivity contribution is 5.82. The zero-order chi connectivity index (χ0) is 13.3. The number of fused-ring (bicyclic) bond motifs is 1. The van der Waals surface area contributed by atoms with Crippen LogP contribution < -0.4 is 5.73 Å². The Kier molecular flexibility index (Phi) is 4.00. The number of nitrogens with two attached hydrogens (primary N) is 1. The maximum Gasteiger partial charge on any atom is 0.240 e. The van der Waals surface area contributed by atoms with E-state index in [1.807, 2.05) is 25.7 Å². The number of nitrogens with zero attached hydrogens (tertiary/aromatic N) is 1. The molecule has 2 aliphatic rings. The molecule has 1 aliphatic carbocycles. The van der Waals surface area contributed by atoms with Gasteiger partial charge in [-0.05, 0) is 30.1 Å². The molecule has 0 aromatic carbocycles. The smallest absolute Gasteiger partial charge is 0.240 e. The van der Waals surface area contributed by atoms with E-state index in [1.54, 1.807) is 0 Å². The minimum absolute atomic E-state index is 0.138. The number of piperidine rings is 1. The van der Waals surface area contributed by atoms with Crippen LogP contribution in [0.1, 0.15) is 52.9 Å². The van der Waals surface area contributed by atoms with Crippen molar-refractivity contribution in [2.24, 2.45) is 23.0 Å². The second kappa shape index (κ2) is 5.20. The molecular formula is C15H28N2O. The predicted octanol–water partition coefficient (Wildman–Crippen LogP) is 2.40. The summed E-state index contributed by atoms with van der Waals surface area (Å²) in [6.45, 7) is 8.01. The van der Waals surface area contributed by atoms with Crippen LogP contribution in [0, 0.1) is 17.3 Å². The molecule has 1 heterocycles. The SMILES string of the molecule is CC(C)(C)[C@@H](N)C(=O)N1CCC2CCCCC2C1. The Morgan fingerprint density at radius 1 is 1.17 bits per heavy atom. The molecule has 3 atom stereocenters. The lowest BCUT2D eigenvalue weighted by atomic mass is 9.74. The third kappa shape index (κ3) is 2.87. The van der Waals surface area contributed by atoms with Crippen LogP contribution in [-0.4, -0.2) is 29.9 Å². The molecule has 2 fully saturated rings. The average Bonchev–Trinajstić information content (AvgIpc) is 2.35. The third-order valence-corrected chi connectivity index (χ3v) is 4.80. The first-order valence-electron chi connectivity index (χ1n) is 7.44. The zero-order valence-electron chi connectivity index (χ0n) is 12.1. The van der Waals surface area contributed by atoms with Gasteiger partial charge in [0.2, 0.25) is 5.91 Å². The van der Waals surface area contributed by atoms with Gasteiger partial charge in [-0.2, -0.15) is 0 Å². The van der Waals surface area contributed by atoms with Crippen LogP contribution >= 0.6 is 0 Å². The Balaban J connectivity index is 1.96. The van der Waals surface area contributed by atoms with Crippen LogP contribution in [0.4, 0.5) is 0 Å². The van der Waals surface area contributed by atoms with Crippen LogP contribution in [0.15, 0.2) is 0 Å². The van der Waals surface area contributed by atoms with Crippen molar-refractivity contribution in [1.29, 1.82) is 0 Å². The van der Waals surface area contributed by atoms with Gasteiger partial charge in [-0.1, -0.05) is 40.0 Å². The molecule has 1 saturated heterocycles. The lowest BCUT2D eigenvalue weighted by molar-refractivity contribution is -0.138. The number of rotatable bonds is 1. The molecule has 18 heavy (non-hydrogen) atoms. The van der Waals surface area contributed by atoms with Gasteiger partial charge in [0.15, 0.2) is 0 Å². The average molecular weight is 252 g/mol. The molecule has 104 valence electrons. The van der Waals surface area contributed by atoms with Gasteiger partial charge in [0.25, 0.3) is 0 Å². The van der Waals surface area contributed by atoms with Gasteiger partial charge in [0.05, 0.1) is 6.04 Å². The number of carbonyl (C=O) groups is 1. The Morgan fingerprint density at radius 2 is 1.78 bits per heavy atom. The second-order valence-electron chi connectivity index (χ2n) is 7.22. The van der Waals surface area contributed by atoms with E-state index in [0.717, 1.165) is 24.9 Å². The number of hydrogen-bond donors (Lipinski definition) is 1. The van der Waals surface area contributed by atoms with E-state index in [-0.39, 0.29) is 17.4 Å². The number of amides is 1. The number of carbonyl (C=O) groups excluding carboxylic acids is 1. The van der Waals surface area contributed by atoms with E-state index >= 15 is 0 Å². The number of hydrogen-bond acceptors (Lipinski definition) is 2. The van der Waals surface area contributed by atoms with Gasteiger partial charge in [-0.25, -0.2) is 0 Å². The zero-order valence-corrected chi connectivity index (χ0v) is 12.1. The first-order valence-corrected chi connectivity index (χ1v) is 7.44. The van der Waals surface area contributed by atoms with Crippen molar-refractivity contribution in [2.45, 2.75) is 58.9 Å². The summed E-state index contributed by atoms with van der Waals surface area (Å²) in [7, 11) is 0. The first-order chi connectivity index (χ1) is 8.39. The summed E-state index contributed by atoms with van der Waals surface area (Å²) in [5, 5.41) is 0. The van der Waals surface area contributed by atoms with Gasteiger partial charge in [-0.3, -0.25) is 4.79 Å². The molecule has 2 rings (SSSR count). The second-order valence-corrected chi connectivity index (χ2v) is 7.22. The summed E-state index contributed by atoms with van der Waals surface area (Å²) >= 11 is 0. The fraction of sp³-hybridized carbons (Fsp3) is 0.933. The molecule has 3 nitrogen and oxygen atoms in total. The monoisotopic (exact) mass is 252 g/mol. The summed E-state index contributed by atoms with van der Waals surface area (Å²) in [5.41, 5.74) is 5.96. The Hall–Kier alpha value is -0.570. The number of likely N-dealkylation sites (tertiary alicyclic amines) is 1. The van der Waals surface area contributed by atoms with Crippen molar-refractivity contribution in [2.75, 3.05) is 13.1 Å². The maximum absolute atomic E-state index is 12.4. The highest BCUT2D eigenvalue weighted by Crippen LogP contribution is 2.36. The van der Waals surface area contributed by atoms with Crippen molar-refractivity contribution >= 4 is 5.91 Å². The van der Waals surface area contributed by atoms with Crippen LogP contribution in [0.25, 0.3) is 0 Å². The fourth-order valence-corrected chi connectivity index (χ4v) is 3.37. The van der Waals surface area contributed by atoms with E-state index in [1.165, 1.54) is 32.1 Å². The van der Waals surface area contributed by atoms with Crippen molar-refractivity contribution in [3.05, 3.63) is 0 Å². The molecule has 0 aromatic rings. The summed E-state index contributed by atoms with van der Waals surface area (Å²) in [6.07, 6.45) is 6.59. The highest BCUT2D eigenvalue weighted by atomic mass is 16.2. The van der Waals surface area contributed by atoms with Crippen molar-refractivity contribution in [3.8, 4) is 0 Å². The summed E-state index contributed by atoms with van der Waals surface area (Å²) in [4.78, 5) is 14.5. The van der Waals surface area contributed by atoms with Crippen molar-refractivity contribution < 1.29 is 4.79 Å². The van der Waals surface area contributed by atoms with Gasteiger partial charge in [0, 0.05) is 13.1 Å². The molecule has 1 amide bonds. The highest BCUT2D eigenvalue weighted by Gasteiger charge is 2.37. The minimum Gasteiger partial charge on any atom is -0.341 e. The molecule has 0 spiro atoms. The Bertz CT molecular complexity index is 308. The third-order valence-electron chi connectivity index (χ3n) is 4.80. The van der Waals surface area contributed by atoms with E-state index in [4.69, 9.17) is 5.73 Å². The van der Waals surface area contributed by atoms with Crippen LogP contribution in [0.3, 0.4) is 0 Å². The molecule has 2 unspecified atom stereocenters. The molecule has 1 saturated carbocycles. The molecular weight excluding hydrogens is 224 g/mol. The normalized spacial score (nSPS) is 30.8. The minimum atomic E-state index is -0.363. The Labute approximate surface area is 111 Å². The molecule has 0 aromatic heterocycles. The summed E-state index contributed by atoms with van der Waals surface area (Å²) < 4.78 is 0. The molecule has 3 heteroatoms. The van der Waals surface area contributed by atoms with Gasteiger partial charge in [0.1, 0.15) is 0 Å². The van der Waals surface area contributed by atoms with Crippen LogP contribution in [0.2, 0.25) is 0 Å². The maximum atomic E-state index is 12.4. The predicted molar refractivity (Wildman–Crippen MR) is 74.1 cm³/mol. The summed E-state index contributed by atoms with van der Waals surface area (Å²) in [6, 6.07) is -0.363. The van der Waals surface area contributed by atoms with Gasteiger partial charge < -0.3 is 10.6 Å². The van der Waals surface area contributed by atoms with Crippen LogP contribution in [-0.2, 0) is 4.79 Å². The van der Waals surface area contributed by atoms with E-state index in [9.17, 15) is 4.79 Å². The fourth-order valence-electron chi connectivity index (χ4n) is 3.37. The van der Waals surface area contributed by atoms with Gasteiger partial charge in [-0.15, -0.1) is 0 Å². The van der Waals surface area contributed by atoms with Crippen molar-refractivity contribution in [3.63, 3.8) is 0 Å². The molecule has 2 N–H and O–H groups in total. The van der Waals surface area contributed by atoms with E-state index < -0.39 is 0 Å². The van der Waals surface area contributed by atoms with Gasteiger partial charge >= 0.3 is 0 Å². The standard InChI is InChI=1S/C15H28N2O/c1-15(2,3)13(16)14(18)17-9-8-11-6-4-5-7-12(11)10-17/h11-13H,4-10,16H2,1-3H3/t11?,12?,13-/m0/s1. The van der Waals surface area contributed by atoms with Crippen LogP contribution in [0.5, 0.6) is 0 Å². The lowest BCUT2D eigenvalue weighted by Crippen LogP contribution is -2.54. The Morgan fingerprint density at radius 3 is 2.39 bits per heavy atom. The van der Waals surface area contributed by atoms with E-state index in [2.05, 4.69) is 0 Å². The molecule has 1 aliphatic heterocycles. The molecule has 0 bridgehead atoms. The first kappa shape index (κ1) is 13.9.